The monoisotopic (exact) mass is 152 g/mol. The minimum atomic E-state index is -0.111. The smallest absolute Gasteiger partial charge is 0.0580 e. The van der Waals surface area contributed by atoms with Gasteiger partial charge in [0, 0.05) is 0 Å². The lowest BCUT2D eigenvalue weighted by molar-refractivity contribution is 0.166. The van der Waals surface area contributed by atoms with Crippen LogP contribution in [0.5, 0.6) is 0 Å². The van der Waals surface area contributed by atoms with Crippen molar-refractivity contribution in [2.75, 3.05) is 0 Å². The third-order valence-electron chi connectivity index (χ3n) is 2.00. The fraction of sp³-hybridized carbons (Fsp3) is 0.600. The van der Waals surface area contributed by atoms with Crippen molar-refractivity contribution < 1.29 is 5.11 Å². The first-order valence-electron chi connectivity index (χ1n) is 4.32. The summed E-state index contributed by atoms with van der Waals surface area (Å²) in [7, 11) is 0. The SMILES string of the molecule is C/C=C/C1=CCCCC(O)C1. The lowest BCUT2D eigenvalue weighted by Crippen LogP contribution is -2.04. The van der Waals surface area contributed by atoms with Crippen LogP contribution >= 0.6 is 0 Å². The van der Waals surface area contributed by atoms with Crippen molar-refractivity contribution in [3.8, 4) is 0 Å². The molecule has 0 bridgehead atoms. The molecule has 11 heavy (non-hydrogen) atoms. The predicted octanol–water partition coefficient (Wildman–Crippen LogP) is 2.42. The molecule has 1 N–H and O–H groups in total. The average molecular weight is 152 g/mol. The van der Waals surface area contributed by atoms with Crippen molar-refractivity contribution in [2.45, 2.75) is 38.7 Å². The van der Waals surface area contributed by atoms with Crippen molar-refractivity contribution in [1.29, 1.82) is 0 Å². The lowest BCUT2D eigenvalue weighted by Gasteiger charge is -2.05. The summed E-state index contributed by atoms with van der Waals surface area (Å²) < 4.78 is 0. The van der Waals surface area contributed by atoms with Gasteiger partial charge in [-0.05, 0) is 38.2 Å². The van der Waals surface area contributed by atoms with E-state index in [0.717, 1.165) is 25.7 Å². The maximum atomic E-state index is 9.41. The van der Waals surface area contributed by atoms with Crippen LogP contribution in [0.3, 0.4) is 0 Å². The molecule has 1 aliphatic carbocycles. The van der Waals surface area contributed by atoms with E-state index in [2.05, 4.69) is 12.2 Å². The second-order valence-corrected chi connectivity index (χ2v) is 3.07. The summed E-state index contributed by atoms with van der Waals surface area (Å²) in [5.41, 5.74) is 1.29. The van der Waals surface area contributed by atoms with Crippen molar-refractivity contribution in [1.82, 2.24) is 0 Å². The molecule has 1 aliphatic rings. The van der Waals surface area contributed by atoms with E-state index in [1.54, 1.807) is 0 Å². The Bertz CT molecular complexity index is 168. The second-order valence-electron chi connectivity index (χ2n) is 3.07. The average Bonchev–Trinajstić information content (AvgIpc) is 2.15. The van der Waals surface area contributed by atoms with Crippen LogP contribution in [0.4, 0.5) is 0 Å². The Kier molecular flexibility index (Phi) is 3.37. The van der Waals surface area contributed by atoms with E-state index in [1.807, 2.05) is 13.0 Å². The quantitative estimate of drug-likeness (QED) is 0.611. The molecule has 0 radical (unpaired) electrons. The largest absolute Gasteiger partial charge is 0.393 e. The van der Waals surface area contributed by atoms with Gasteiger partial charge in [-0.2, -0.15) is 0 Å². The summed E-state index contributed by atoms with van der Waals surface area (Å²) in [6, 6.07) is 0. The summed E-state index contributed by atoms with van der Waals surface area (Å²) in [5, 5.41) is 9.41. The third kappa shape index (κ3) is 2.89. The highest BCUT2D eigenvalue weighted by Gasteiger charge is 2.08. The Labute approximate surface area is 68.4 Å². The zero-order valence-electron chi connectivity index (χ0n) is 7.09. The molecular weight excluding hydrogens is 136 g/mol. The zero-order valence-corrected chi connectivity index (χ0v) is 7.09. The molecule has 0 aliphatic heterocycles. The minimum Gasteiger partial charge on any atom is -0.393 e. The molecule has 0 saturated heterocycles. The molecule has 0 aromatic rings. The van der Waals surface area contributed by atoms with Crippen molar-refractivity contribution in [3.05, 3.63) is 23.8 Å². The maximum Gasteiger partial charge on any atom is 0.0580 e. The number of hydrogen-bond donors (Lipinski definition) is 1. The van der Waals surface area contributed by atoms with Crippen LogP contribution in [0, 0.1) is 0 Å². The Balaban J connectivity index is 2.54. The van der Waals surface area contributed by atoms with Crippen LogP contribution in [0.1, 0.15) is 32.6 Å². The highest BCUT2D eigenvalue weighted by atomic mass is 16.3. The van der Waals surface area contributed by atoms with E-state index in [0.29, 0.717) is 0 Å². The zero-order chi connectivity index (χ0) is 8.10. The van der Waals surface area contributed by atoms with E-state index in [4.69, 9.17) is 0 Å². The highest BCUT2D eigenvalue weighted by molar-refractivity contribution is 5.19. The van der Waals surface area contributed by atoms with E-state index in [-0.39, 0.29) is 6.10 Å². The molecule has 0 aromatic carbocycles. The lowest BCUT2D eigenvalue weighted by atomic mass is 10.1. The minimum absolute atomic E-state index is 0.111. The van der Waals surface area contributed by atoms with Crippen LogP contribution < -0.4 is 0 Å². The van der Waals surface area contributed by atoms with E-state index in [1.165, 1.54) is 5.57 Å². The summed E-state index contributed by atoms with van der Waals surface area (Å²) in [6.07, 6.45) is 10.3. The predicted molar refractivity (Wildman–Crippen MR) is 47.4 cm³/mol. The van der Waals surface area contributed by atoms with Gasteiger partial charge in [-0.15, -0.1) is 0 Å². The first-order chi connectivity index (χ1) is 5.33. The summed E-state index contributed by atoms with van der Waals surface area (Å²) >= 11 is 0. The van der Waals surface area contributed by atoms with E-state index in [9.17, 15) is 5.11 Å². The molecule has 0 amide bonds. The van der Waals surface area contributed by atoms with Gasteiger partial charge in [-0.25, -0.2) is 0 Å². The number of allylic oxidation sites excluding steroid dienone is 3. The van der Waals surface area contributed by atoms with Crippen molar-refractivity contribution in [3.63, 3.8) is 0 Å². The first-order valence-corrected chi connectivity index (χ1v) is 4.32. The molecule has 62 valence electrons. The molecule has 0 saturated carbocycles. The maximum absolute atomic E-state index is 9.41. The molecule has 0 aromatic heterocycles. The van der Waals surface area contributed by atoms with E-state index < -0.39 is 0 Å². The van der Waals surface area contributed by atoms with Gasteiger partial charge in [0.1, 0.15) is 0 Å². The fourth-order valence-electron chi connectivity index (χ4n) is 1.45. The highest BCUT2D eigenvalue weighted by Crippen LogP contribution is 2.18. The van der Waals surface area contributed by atoms with Gasteiger partial charge in [0.05, 0.1) is 6.10 Å². The fourth-order valence-corrected chi connectivity index (χ4v) is 1.45. The molecule has 1 heteroatoms. The van der Waals surface area contributed by atoms with Crippen LogP contribution in [-0.2, 0) is 0 Å². The Morgan fingerprint density at radius 2 is 2.45 bits per heavy atom. The first kappa shape index (κ1) is 8.54. The van der Waals surface area contributed by atoms with Crippen LogP contribution in [-0.4, -0.2) is 11.2 Å². The number of hydrogen-bond acceptors (Lipinski definition) is 1. The van der Waals surface area contributed by atoms with Gasteiger partial charge in [0.2, 0.25) is 0 Å². The number of aliphatic hydroxyl groups is 1. The van der Waals surface area contributed by atoms with Gasteiger partial charge in [0.25, 0.3) is 0 Å². The number of aliphatic hydroxyl groups excluding tert-OH is 1. The van der Waals surface area contributed by atoms with Crippen LogP contribution in [0.2, 0.25) is 0 Å². The molecule has 1 nitrogen and oxygen atoms in total. The molecule has 0 spiro atoms. The summed E-state index contributed by atoms with van der Waals surface area (Å²) in [6.45, 7) is 2.01. The molecule has 1 unspecified atom stereocenters. The van der Waals surface area contributed by atoms with Gasteiger partial charge < -0.3 is 5.11 Å². The molecule has 1 rings (SSSR count). The van der Waals surface area contributed by atoms with Gasteiger partial charge in [-0.1, -0.05) is 18.2 Å². The normalized spacial score (nSPS) is 26.7. The van der Waals surface area contributed by atoms with Crippen molar-refractivity contribution in [2.24, 2.45) is 0 Å². The van der Waals surface area contributed by atoms with Gasteiger partial charge in [-0.3, -0.25) is 0 Å². The third-order valence-corrected chi connectivity index (χ3v) is 2.00. The summed E-state index contributed by atoms with van der Waals surface area (Å²) in [4.78, 5) is 0. The standard InChI is InChI=1S/C10H16O/c1-2-5-9-6-3-4-7-10(11)8-9/h2,5-6,10-11H,3-4,7-8H2,1H3/b5-2+. The Morgan fingerprint density at radius 3 is 3.18 bits per heavy atom. The second kappa shape index (κ2) is 4.35. The summed E-state index contributed by atoms with van der Waals surface area (Å²) in [5.74, 6) is 0. The van der Waals surface area contributed by atoms with Crippen LogP contribution in [0.15, 0.2) is 23.8 Å². The van der Waals surface area contributed by atoms with Crippen LogP contribution in [0.25, 0.3) is 0 Å². The topological polar surface area (TPSA) is 20.2 Å². The van der Waals surface area contributed by atoms with Gasteiger partial charge >= 0.3 is 0 Å². The molecular formula is C10H16O. The Hall–Kier alpha value is -0.560. The molecule has 0 fully saturated rings. The van der Waals surface area contributed by atoms with Gasteiger partial charge in [0.15, 0.2) is 0 Å². The number of rotatable bonds is 1. The van der Waals surface area contributed by atoms with E-state index >= 15 is 0 Å². The molecule has 0 heterocycles. The Morgan fingerprint density at radius 1 is 1.64 bits per heavy atom. The van der Waals surface area contributed by atoms with Crippen molar-refractivity contribution >= 4 is 0 Å². The molecule has 1 atom stereocenters.